The zero-order valence-electron chi connectivity index (χ0n) is 5.54. The first-order valence-corrected chi connectivity index (χ1v) is 3.46. The number of para-hydroxylation sites is 1. The van der Waals surface area contributed by atoms with Crippen molar-refractivity contribution in [2.24, 2.45) is 0 Å². The van der Waals surface area contributed by atoms with Crippen LogP contribution >= 0.6 is 11.6 Å². The average Bonchev–Trinajstić information content (AvgIpc) is 2.31. The van der Waals surface area contributed by atoms with Crippen molar-refractivity contribution in [1.29, 1.82) is 0 Å². The molecule has 3 nitrogen and oxygen atoms in total. The summed E-state index contributed by atoms with van der Waals surface area (Å²) in [5, 5.41) is 0.534. The number of halogens is 1. The summed E-state index contributed by atoms with van der Waals surface area (Å²) in [6, 6.07) is 5.47. The summed E-state index contributed by atoms with van der Waals surface area (Å²) in [6.45, 7) is 0. The predicted molar refractivity (Wildman–Crippen MR) is 43.4 cm³/mol. The van der Waals surface area contributed by atoms with E-state index in [0.29, 0.717) is 16.1 Å². The van der Waals surface area contributed by atoms with Crippen molar-refractivity contribution >= 4 is 28.7 Å². The molecule has 1 aromatic carbocycles. The van der Waals surface area contributed by atoms with Gasteiger partial charge in [-0.25, -0.2) is 0 Å². The number of hydrogen-bond acceptors (Lipinski definition) is 3. The van der Waals surface area contributed by atoms with Gasteiger partial charge in [-0.2, -0.15) is 4.98 Å². The summed E-state index contributed by atoms with van der Waals surface area (Å²) >= 11 is 5.78. The Bertz CT molecular complexity index is 396. The van der Waals surface area contributed by atoms with Gasteiger partial charge in [0.2, 0.25) is 0 Å². The van der Waals surface area contributed by atoms with Gasteiger partial charge in [-0.05, 0) is 12.1 Å². The highest BCUT2D eigenvalue weighted by Crippen LogP contribution is 2.24. The number of nitrogen functional groups attached to an aromatic ring is 1. The molecule has 0 unspecified atom stereocenters. The first kappa shape index (κ1) is 6.49. The lowest BCUT2D eigenvalue weighted by molar-refractivity contribution is 0.626. The van der Waals surface area contributed by atoms with Gasteiger partial charge in [-0.3, -0.25) is 0 Å². The van der Waals surface area contributed by atoms with Gasteiger partial charge in [0, 0.05) is 0 Å². The van der Waals surface area contributed by atoms with Gasteiger partial charge in [0.1, 0.15) is 5.52 Å². The fourth-order valence-corrected chi connectivity index (χ4v) is 1.14. The van der Waals surface area contributed by atoms with E-state index >= 15 is 0 Å². The molecule has 1 heterocycles. The lowest BCUT2D eigenvalue weighted by Gasteiger charge is -1.86. The van der Waals surface area contributed by atoms with Crippen molar-refractivity contribution in [3.63, 3.8) is 0 Å². The fourth-order valence-electron chi connectivity index (χ4n) is 0.933. The molecule has 56 valence electrons. The number of nitrogens with zero attached hydrogens (tertiary/aromatic N) is 1. The fraction of sp³-hybridized carbons (Fsp3) is 0. The molecular formula is C7H5ClN2O. The number of benzene rings is 1. The van der Waals surface area contributed by atoms with Crippen LogP contribution in [-0.2, 0) is 0 Å². The summed E-state index contributed by atoms with van der Waals surface area (Å²) in [7, 11) is 0. The third kappa shape index (κ3) is 0.935. The molecule has 1 aromatic heterocycles. The van der Waals surface area contributed by atoms with Gasteiger partial charge in [0.05, 0.1) is 5.02 Å². The van der Waals surface area contributed by atoms with E-state index in [1.807, 2.05) is 0 Å². The van der Waals surface area contributed by atoms with Crippen LogP contribution in [0.2, 0.25) is 5.02 Å². The molecule has 0 amide bonds. The highest BCUT2D eigenvalue weighted by Gasteiger charge is 2.04. The SMILES string of the molecule is Nc1nc2cccc(Cl)c2o1. The zero-order valence-corrected chi connectivity index (χ0v) is 6.30. The predicted octanol–water partition coefficient (Wildman–Crippen LogP) is 2.06. The molecule has 0 bridgehead atoms. The topological polar surface area (TPSA) is 52.0 Å². The van der Waals surface area contributed by atoms with Crippen molar-refractivity contribution in [3.05, 3.63) is 23.2 Å². The Morgan fingerprint density at radius 1 is 1.45 bits per heavy atom. The van der Waals surface area contributed by atoms with E-state index in [9.17, 15) is 0 Å². The Hall–Kier alpha value is -1.22. The molecule has 2 rings (SSSR count). The van der Waals surface area contributed by atoms with Crippen LogP contribution < -0.4 is 5.73 Å². The molecule has 0 aliphatic heterocycles. The summed E-state index contributed by atoms with van der Waals surface area (Å²) in [5.41, 5.74) is 6.56. The molecule has 0 atom stereocenters. The van der Waals surface area contributed by atoms with Crippen molar-refractivity contribution in [3.8, 4) is 0 Å². The number of anilines is 1. The maximum absolute atomic E-state index is 5.78. The molecule has 0 saturated carbocycles. The van der Waals surface area contributed by atoms with Crippen LogP contribution in [0.4, 0.5) is 6.01 Å². The van der Waals surface area contributed by atoms with Crippen molar-refractivity contribution in [2.45, 2.75) is 0 Å². The quantitative estimate of drug-likeness (QED) is 0.655. The third-order valence-electron chi connectivity index (χ3n) is 1.38. The second-order valence-corrected chi connectivity index (χ2v) is 2.55. The minimum atomic E-state index is 0.146. The van der Waals surface area contributed by atoms with Crippen LogP contribution in [0.25, 0.3) is 11.1 Å². The molecule has 0 aliphatic carbocycles. The smallest absolute Gasteiger partial charge is 0.293 e. The summed E-state index contributed by atoms with van der Waals surface area (Å²) in [4.78, 5) is 3.90. The third-order valence-corrected chi connectivity index (χ3v) is 1.68. The largest absolute Gasteiger partial charge is 0.422 e. The molecule has 4 heteroatoms. The Balaban J connectivity index is 2.90. The number of rotatable bonds is 0. The summed E-state index contributed by atoms with van der Waals surface area (Å²) < 4.78 is 5.03. The van der Waals surface area contributed by atoms with E-state index in [4.69, 9.17) is 21.8 Å². The molecule has 2 aromatic rings. The van der Waals surface area contributed by atoms with Crippen molar-refractivity contribution in [1.82, 2.24) is 4.98 Å². The van der Waals surface area contributed by atoms with Gasteiger partial charge in [0.25, 0.3) is 6.01 Å². The Kier molecular flexibility index (Phi) is 1.26. The van der Waals surface area contributed by atoms with Crippen molar-refractivity contribution in [2.75, 3.05) is 5.73 Å². The number of fused-ring (bicyclic) bond motifs is 1. The molecule has 2 N–H and O–H groups in total. The molecule has 0 spiro atoms. The van der Waals surface area contributed by atoms with Crippen LogP contribution in [0.3, 0.4) is 0 Å². The number of hydrogen-bond donors (Lipinski definition) is 1. The first-order chi connectivity index (χ1) is 5.27. The van der Waals surface area contributed by atoms with E-state index < -0.39 is 0 Å². The number of oxazole rings is 1. The Labute approximate surface area is 67.8 Å². The maximum Gasteiger partial charge on any atom is 0.293 e. The van der Waals surface area contributed by atoms with Gasteiger partial charge >= 0.3 is 0 Å². The minimum absolute atomic E-state index is 0.146. The highest BCUT2D eigenvalue weighted by molar-refractivity contribution is 6.34. The normalized spacial score (nSPS) is 10.6. The lowest BCUT2D eigenvalue weighted by atomic mass is 10.3. The van der Waals surface area contributed by atoms with E-state index in [1.54, 1.807) is 18.2 Å². The van der Waals surface area contributed by atoms with Crippen LogP contribution in [0.5, 0.6) is 0 Å². The lowest BCUT2D eigenvalue weighted by Crippen LogP contribution is -1.80. The maximum atomic E-state index is 5.78. The molecule has 0 radical (unpaired) electrons. The van der Waals surface area contributed by atoms with E-state index in [-0.39, 0.29) is 6.01 Å². The van der Waals surface area contributed by atoms with Gasteiger partial charge < -0.3 is 10.2 Å². The average molecular weight is 169 g/mol. The van der Waals surface area contributed by atoms with Gasteiger partial charge in [0.15, 0.2) is 5.58 Å². The number of nitrogens with two attached hydrogens (primary N) is 1. The molecule has 11 heavy (non-hydrogen) atoms. The molecule has 0 saturated heterocycles. The van der Waals surface area contributed by atoms with Crippen LogP contribution in [0, 0.1) is 0 Å². The van der Waals surface area contributed by atoms with E-state index in [1.165, 1.54) is 0 Å². The van der Waals surface area contributed by atoms with E-state index in [0.717, 1.165) is 0 Å². The first-order valence-electron chi connectivity index (χ1n) is 3.08. The van der Waals surface area contributed by atoms with Gasteiger partial charge in [-0.1, -0.05) is 17.7 Å². The monoisotopic (exact) mass is 168 g/mol. The second kappa shape index (κ2) is 2.13. The molecule has 0 fully saturated rings. The molecular weight excluding hydrogens is 164 g/mol. The molecule has 0 aliphatic rings. The van der Waals surface area contributed by atoms with Crippen LogP contribution in [-0.4, -0.2) is 4.98 Å². The zero-order chi connectivity index (χ0) is 7.84. The Morgan fingerprint density at radius 2 is 2.27 bits per heavy atom. The minimum Gasteiger partial charge on any atom is -0.422 e. The standard InChI is InChI=1S/C7H5ClN2O/c8-4-2-1-3-5-6(4)11-7(9)10-5/h1-3H,(H2,9,10). The Morgan fingerprint density at radius 3 is 3.00 bits per heavy atom. The summed E-state index contributed by atoms with van der Waals surface area (Å²) in [6.07, 6.45) is 0. The van der Waals surface area contributed by atoms with Crippen molar-refractivity contribution < 1.29 is 4.42 Å². The highest BCUT2D eigenvalue weighted by atomic mass is 35.5. The second-order valence-electron chi connectivity index (χ2n) is 2.14. The van der Waals surface area contributed by atoms with Crippen LogP contribution in [0.1, 0.15) is 0 Å². The summed E-state index contributed by atoms with van der Waals surface area (Å²) in [5.74, 6) is 0. The number of aromatic nitrogens is 1. The van der Waals surface area contributed by atoms with Gasteiger partial charge in [-0.15, -0.1) is 0 Å². The van der Waals surface area contributed by atoms with Crippen LogP contribution in [0.15, 0.2) is 22.6 Å². The van der Waals surface area contributed by atoms with E-state index in [2.05, 4.69) is 4.98 Å².